The van der Waals surface area contributed by atoms with E-state index in [1.54, 1.807) is 13.2 Å². The highest BCUT2D eigenvalue weighted by Gasteiger charge is 2.14. The lowest BCUT2D eigenvalue weighted by Gasteiger charge is -2.21. The van der Waals surface area contributed by atoms with Crippen LogP contribution in [0.5, 0.6) is 5.75 Å². The quantitative estimate of drug-likeness (QED) is 0.671. The van der Waals surface area contributed by atoms with Gasteiger partial charge in [-0.3, -0.25) is 0 Å². The summed E-state index contributed by atoms with van der Waals surface area (Å²) in [7, 11) is 1.59. The van der Waals surface area contributed by atoms with E-state index in [0.29, 0.717) is 15.9 Å². The van der Waals surface area contributed by atoms with Crippen molar-refractivity contribution >= 4 is 34.6 Å². The largest absolute Gasteiger partial charge is 0.495 e. The number of hydrogen-bond acceptors (Lipinski definition) is 2. The summed E-state index contributed by atoms with van der Waals surface area (Å²) in [5, 5.41) is 7.54. The van der Waals surface area contributed by atoms with E-state index in [9.17, 15) is 0 Å². The van der Waals surface area contributed by atoms with Gasteiger partial charge in [0.1, 0.15) is 5.75 Å². The Morgan fingerprint density at radius 2 is 1.76 bits per heavy atom. The Morgan fingerprint density at radius 1 is 1.12 bits per heavy atom. The van der Waals surface area contributed by atoms with E-state index in [1.807, 2.05) is 12.1 Å². The van der Waals surface area contributed by atoms with Gasteiger partial charge in [-0.1, -0.05) is 56.6 Å². The van der Waals surface area contributed by atoms with E-state index >= 15 is 0 Å². The normalized spacial score (nSPS) is 12.4. The Labute approximate surface area is 160 Å². The first-order chi connectivity index (χ1) is 11.7. The molecule has 0 fully saturated rings. The summed E-state index contributed by atoms with van der Waals surface area (Å²) >= 11 is 11.5. The first-order valence-electron chi connectivity index (χ1n) is 8.22. The molecule has 0 radical (unpaired) electrons. The Balaban J connectivity index is 1.99. The number of halogens is 1. The van der Waals surface area contributed by atoms with Gasteiger partial charge in [-0.25, -0.2) is 0 Å². The van der Waals surface area contributed by atoms with Crippen molar-refractivity contribution < 1.29 is 4.74 Å². The lowest BCUT2D eigenvalue weighted by molar-refractivity contribution is 0.415. The average Bonchev–Trinajstić information content (AvgIpc) is 2.54. The molecule has 0 unspecified atom stereocenters. The monoisotopic (exact) mass is 376 g/mol. The fourth-order valence-corrected chi connectivity index (χ4v) is 3.02. The van der Waals surface area contributed by atoms with E-state index < -0.39 is 0 Å². The van der Waals surface area contributed by atoms with Gasteiger partial charge in [-0.15, -0.1) is 0 Å². The molecule has 0 aliphatic heterocycles. The van der Waals surface area contributed by atoms with Gasteiger partial charge in [-0.05, 0) is 53.9 Å². The third kappa shape index (κ3) is 5.35. The van der Waals surface area contributed by atoms with E-state index in [-0.39, 0.29) is 11.5 Å². The number of nitrogens with one attached hydrogen (secondary N) is 2. The highest BCUT2D eigenvalue weighted by molar-refractivity contribution is 7.80. The second-order valence-electron chi connectivity index (χ2n) is 7.04. The summed E-state index contributed by atoms with van der Waals surface area (Å²) in [5.74, 6) is 0.637. The number of rotatable bonds is 4. The van der Waals surface area contributed by atoms with E-state index in [4.69, 9.17) is 28.6 Å². The van der Waals surface area contributed by atoms with Gasteiger partial charge in [0.2, 0.25) is 0 Å². The van der Waals surface area contributed by atoms with Gasteiger partial charge in [0, 0.05) is 5.69 Å². The van der Waals surface area contributed by atoms with Crippen LogP contribution in [0.4, 0.5) is 5.69 Å². The minimum absolute atomic E-state index is 0.0998. The van der Waals surface area contributed by atoms with Gasteiger partial charge in [-0.2, -0.15) is 0 Å². The zero-order valence-corrected chi connectivity index (χ0v) is 16.9. The van der Waals surface area contributed by atoms with Crippen LogP contribution in [0.25, 0.3) is 0 Å². The van der Waals surface area contributed by atoms with Gasteiger partial charge in [0.15, 0.2) is 5.11 Å². The van der Waals surface area contributed by atoms with Gasteiger partial charge >= 0.3 is 0 Å². The van der Waals surface area contributed by atoms with Crippen molar-refractivity contribution in [3.63, 3.8) is 0 Å². The highest BCUT2D eigenvalue weighted by atomic mass is 35.5. The number of ether oxygens (including phenoxy) is 1. The fourth-order valence-electron chi connectivity index (χ4n) is 2.46. The molecule has 2 aromatic rings. The van der Waals surface area contributed by atoms with Crippen LogP contribution in [-0.2, 0) is 5.41 Å². The SMILES string of the molecule is COc1ccc(NC(=S)N[C@@H](C)c2ccc(C(C)(C)C)cc2)cc1Cl. The maximum Gasteiger partial charge on any atom is 0.171 e. The summed E-state index contributed by atoms with van der Waals surface area (Å²) in [4.78, 5) is 0. The molecular formula is C20H25ClN2OS. The van der Waals surface area contributed by atoms with E-state index in [1.165, 1.54) is 11.1 Å². The third-order valence-electron chi connectivity index (χ3n) is 4.03. The molecule has 0 saturated heterocycles. The van der Waals surface area contributed by atoms with Gasteiger partial charge < -0.3 is 15.4 Å². The van der Waals surface area contributed by atoms with E-state index in [2.05, 4.69) is 62.6 Å². The molecule has 0 aliphatic rings. The molecule has 0 bridgehead atoms. The highest BCUT2D eigenvalue weighted by Crippen LogP contribution is 2.27. The molecule has 3 nitrogen and oxygen atoms in total. The van der Waals surface area contributed by atoms with Crippen LogP contribution in [0.2, 0.25) is 5.02 Å². The van der Waals surface area contributed by atoms with Crippen molar-refractivity contribution in [2.75, 3.05) is 12.4 Å². The maximum absolute atomic E-state index is 6.14. The van der Waals surface area contributed by atoms with Crippen LogP contribution in [0, 0.1) is 0 Å². The Hall–Kier alpha value is -1.78. The lowest BCUT2D eigenvalue weighted by Crippen LogP contribution is -2.30. The summed E-state index contributed by atoms with van der Waals surface area (Å²) < 4.78 is 5.15. The standard InChI is InChI=1S/C20H25ClN2OS/c1-13(14-6-8-15(9-7-14)20(2,3)4)22-19(25)23-16-10-11-18(24-5)17(21)12-16/h6-13H,1-5H3,(H2,22,23,25)/t13-/m0/s1. The first kappa shape index (κ1) is 19.5. The number of thiocarbonyl (C=S) groups is 1. The van der Waals surface area contributed by atoms with Crippen molar-refractivity contribution in [1.29, 1.82) is 0 Å². The average molecular weight is 377 g/mol. The molecule has 5 heteroatoms. The van der Waals surface area contributed by atoms with Crippen molar-refractivity contribution in [2.24, 2.45) is 0 Å². The van der Waals surface area contributed by atoms with Crippen molar-refractivity contribution in [2.45, 2.75) is 39.2 Å². The predicted molar refractivity (Wildman–Crippen MR) is 111 cm³/mol. The second-order valence-corrected chi connectivity index (χ2v) is 7.86. The van der Waals surface area contributed by atoms with E-state index in [0.717, 1.165) is 5.69 Å². The van der Waals surface area contributed by atoms with Crippen LogP contribution >= 0.6 is 23.8 Å². The number of anilines is 1. The van der Waals surface area contributed by atoms with Crippen molar-refractivity contribution in [3.05, 3.63) is 58.6 Å². The fraction of sp³-hybridized carbons (Fsp3) is 0.350. The molecule has 0 aromatic heterocycles. The Kier molecular flexibility index (Phi) is 6.31. The Morgan fingerprint density at radius 3 is 2.28 bits per heavy atom. The van der Waals surface area contributed by atoms with Crippen LogP contribution < -0.4 is 15.4 Å². The number of hydrogen-bond donors (Lipinski definition) is 2. The van der Waals surface area contributed by atoms with Crippen LogP contribution in [0.1, 0.15) is 44.9 Å². The lowest BCUT2D eigenvalue weighted by atomic mass is 9.86. The van der Waals surface area contributed by atoms with Gasteiger partial charge in [0.05, 0.1) is 18.2 Å². The van der Waals surface area contributed by atoms with Gasteiger partial charge in [0.25, 0.3) is 0 Å². The summed E-state index contributed by atoms with van der Waals surface area (Å²) in [6, 6.07) is 14.2. The summed E-state index contributed by atoms with van der Waals surface area (Å²) in [5.41, 5.74) is 3.47. The van der Waals surface area contributed by atoms with Crippen LogP contribution in [0.3, 0.4) is 0 Å². The molecule has 0 heterocycles. The molecule has 1 atom stereocenters. The van der Waals surface area contributed by atoms with Crippen molar-refractivity contribution in [1.82, 2.24) is 5.32 Å². The molecule has 2 N–H and O–H groups in total. The molecule has 2 aromatic carbocycles. The minimum atomic E-state index is 0.0998. The Bertz CT molecular complexity index is 738. The zero-order chi connectivity index (χ0) is 18.6. The number of benzene rings is 2. The topological polar surface area (TPSA) is 33.3 Å². The third-order valence-corrected chi connectivity index (χ3v) is 4.55. The minimum Gasteiger partial charge on any atom is -0.495 e. The molecule has 0 amide bonds. The molecule has 0 saturated carbocycles. The molecule has 134 valence electrons. The van der Waals surface area contributed by atoms with Crippen LogP contribution in [-0.4, -0.2) is 12.2 Å². The maximum atomic E-state index is 6.14. The zero-order valence-electron chi connectivity index (χ0n) is 15.3. The summed E-state index contributed by atoms with van der Waals surface area (Å²) in [6.07, 6.45) is 0. The molecular weight excluding hydrogens is 352 g/mol. The molecule has 0 spiro atoms. The second kappa shape index (κ2) is 8.07. The predicted octanol–water partition coefficient (Wildman–Crippen LogP) is 5.69. The number of methoxy groups -OCH3 is 1. The molecule has 25 heavy (non-hydrogen) atoms. The smallest absolute Gasteiger partial charge is 0.171 e. The van der Waals surface area contributed by atoms with Crippen LogP contribution in [0.15, 0.2) is 42.5 Å². The van der Waals surface area contributed by atoms with Crippen molar-refractivity contribution in [3.8, 4) is 5.75 Å². The molecule has 2 rings (SSSR count). The molecule has 0 aliphatic carbocycles. The first-order valence-corrected chi connectivity index (χ1v) is 9.01. The summed E-state index contributed by atoms with van der Waals surface area (Å²) in [6.45, 7) is 8.72.